The maximum absolute atomic E-state index is 5.54. The normalized spacial score (nSPS) is 21.2. The van der Waals surface area contributed by atoms with Gasteiger partial charge in [0.2, 0.25) is 0 Å². The van der Waals surface area contributed by atoms with Gasteiger partial charge in [-0.1, -0.05) is 30.7 Å². The largest absolute Gasteiger partial charge is 0.381 e. The minimum absolute atomic E-state index is 0.554. The molecule has 0 amide bonds. The van der Waals surface area contributed by atoms with Crippen LogP contribution in [0.15, 0.2) is 18.2 Å². The molecule has 0 spiro atoms. The Labute approximate surface area is 111 Å². The Bertz CT molecular complexity index is 383. The van der Waals surface area contributed by atoms with Crippen LogP contribution in [0.1, 0.15) is 30.0 Å². The van der Waals surface area contributed by atoms with Crippen molar-refractivity contribution in [2.24, 2.45) is 5.92 Å². The first kappa shape index (κ1) is 13.6. The molecule has 0 aliphatic carbocycles. The van der Waals surface area contributed by atoms with Crippen molar-refractivity contribution in [3.63, 3.8) is 0 Å². The topological polar surface area (TPSA) is 21.3 Å². The highest BCUT2D eigenvalue weighted by molar-refractivity contribution is 5.31. The zero-order valence-corrected chi connectivity index (χ0v) is 11.8. The molecule has 1 aromatic carbocycles. The zero-order chi connectivity index (χ0) is 13.0. The quantitative estimate of drug-likeness (QED) is 0.864. The number of aryl methyl sites for hydroxylation is 2. The van der Waals surface area contributed by atoms with Gasteiger partial charge in [0.15, 0.2) is 0 Å². The second kappa shape index (κ2) is 6.35. The lowest BCUT2D eigenvalue weighted by molar-refractivity contribution is 0.176. The number of hydrogen-bond donors (Lipinski definition) is 1. The molecule has 2 heteroatoms. The van der Waals surface area contributed by atoms with Crippen molar-refractivity contribution in [1.82, 2.24) is 5.32 Å². The molecule has 1 saturated heterocycles. The lowest BCUT2D eigenvalue weighted by atomic mass is 9.90. The second-order valence-electron chi connectivity index (χ2n) is 5.42. The molecule has 1 fully saturated rings. The highest BCUT2D eigenvalue weighted by Crippen LogP contribution is 2.22. The number of rotatable bonds is 5. The van der Waals surface area contributed by atoms with Crippen molar-refractivity contribution in [3.8, 4) is 0 Å². The van der Waals surface area contributed by atoms with Crippen molar-refractivity contribution >= 4 is 0 Å². The molecule has 1 heterocycles. The van der Waals surface area contributed by atoms with Crippen LogP contribution < -0.4 is 5.32 Å². The van der Waals surface area contributed by atoms with Gasteiger partial charge in [0.25, 0.3) is 0 Å². The van der Waals surface area contributed by atoms with Crippen LogP contribution in [-0.2, 0) is 11.2 Å². The third kappa shape index (κ3) is 3.33. The summed E-state index contributed by atoms with van der Waals surface area (Å²) in [5, 5.41) is 3.64. The summed E-state index contributed by atoms with van der Waals surface area (Å²) in [6, 6.07) is 7.31. The summed E-state index contributed by atoms with van der Waals surface area (Å²) in [5.41, 5.74) is 4.24. The smallest absolute Gasteiger partial charge is 0.0510 e. The molecule has 1 aromatic rings. The van der Waals surface area contributed by atoms with Crippen LogP contribution >= 0.6 is 0 Å². The van der Waals surface area contributed by atoms with Crippen molar-refractivity contribution in [3.05, 3.63) is 34.9 Å². The monoisotopic (exact) mass is 247 g/mol. The van der Waals surface area contributed by atoms with Crippen molar-refractivity contribution in [2.75, 3.05) is 19.8 Å². The maximum Gasteiger partial charge on any atom is 0.0510 e. The van der Waals surface area contributed by atoms with Crippen LogP contribution in [-0.4, -0.2) is 25.8 Å². The molecular formula is C16H25NO. The third-order valence-electron chi connectivity index (χ3n) is 3.94. The minimum Gasteiger partial charge on any atom is -0.381 e. The van der Waals surface area contributed by atoms with Crippen molar-refractivity contribution in [2.45, 2.75) is 39.7 Å². The van der Waals surface area contributed by atoms with Gasteiger partial charge in [-0.15, -0.1) is 0 Å². The number of hydrogen-bond acceptors (Lipinski definition) is 2. The SMILES string of the molecule is CCNC(Cc1cc(C)ccc1C)C1CCOC1. The minimum atomic E-state index is 0.554. The first-order valence-electron chi connectivity index (χ1n) is 7.08. The fraction of sp³-hybridized carbons (Fsp3) is 0.625. The van der Waals surface area contributed by atoms with E-state index in [1.807, 2.05) is 0 Å². The predicted octanol–water partition coefficient (Wildman–Crippen LogP) is 2.86. The summed E-state index contributed by atoms with van der Waals surface area (Å²) >= 11 is 0. The van der Waals surface area contributed by atoms with Gasteiger partial charge in [-0.25, -0.2) is 0 Å². The summed E-state index contributed by atoms with van der Waals surface area (Å²) in [4.78, 5) is 0. The van der Waals surface area contributed by atoms with Crippen LogP contribution in [0.4, 0.5) is 0 Å². The van der Waals surface area contributed by atoms with Crippen LogP contribution in [0.5, 0.6) is 0 Å². The van der Waals surface area contributed by atoms with Crippen LogP contribution in [0.25, 0.3) is 0 Å². The van der Waals surface area contributed by atoms with Gasteiger partial charge in [0.05, 0.1) is 6.61 Å². The van der Waals surface area contributed by atoms with Crippen LogP contribution in [0.2, 0.25) is 0 Å². The lowest BCUT2D eigenvalue weighted by Gasteiger charge is -2.24. The number of ether oxygens (including phenoxy) is 1. The summed E-state index contributed by atoms with van der Waals surface area (Å²) < 4.78 is 5.54. The summed E-state index contributed by atoms with van der Waals surface area (Å²) in [6.45, 7) is 9.45. The Morgan fingerprint density at radius 1 is 1.39 bits per heavy atom. The molecule has 2 atom stereocenters. The molecule has 1 N–H and O–H groups in total. The number of likely N-dealkylation sites (N-methyl/N-ethyl adjacent to an activating group) is 1. The average molecular weight is 247 g/mol. The summed E-state index contributed by atoms with van der Waals surface area (Å²) in [6.07, 6.45) is 2.32. The Hall–Kier alpha value is -0.860. The standard InChI is InChI=1S/C16H25NO/c1-4-17-16(14-7-8-18-11-14)10-15-9-12(2)5-6-13(15)3/h5-6,9,14,16-17H,4,7-8,10-11H2,1-3H3. The molecule has 2 nitrogen and oxygen atoms in total. The highest BCUT2D eigenvalue weighted by Gasteiger charge is 2.25. The van der Waals surface area contributed by atoms with Crippen molar-refractivity contribution < 1.29 is 4.74 Å². The Balaban J connectivity index is 2.09. The Morgan fingerprint density at radius 2 is 2.22 bits per heavy atom. The van der Waals surface area contributed by atoms with E-state index in [0.29, 0.717) is 12.0 Å². The van der Waals surface area contributed by atoms with Crippen LogP contribution in [0, 0.1) is 19.8 Å². The van der Waals surface area contributed by atoms with Gasteiger partial charge in [-0.2, -0.15) is 0 Å². The molecule has 0 aromatic heterocycles. The fourth-order valence-electron chi connectivity index (χ4n) is 2.79. The van der Waals surface area contributed by atoms with Gasteiger partial charge in [-0.05, 0) is 44.4 Å². The van der Waals surface area contributed by atoms with Gasteiger partial charge in [0.1, 0.15) is 0 Å². The van der Waals surface area contributed by atoms with E-state index in [9.17, 15) is 0 Å². The fourth-order valence-corrected chi connectivity index (χ4v) is 2.79. The van der Waals surface area contributed by atoms with Crippen molar-refractivity contribution in [1.29, 1.82) is 0 Å². The van der Waals surface area contributed by atoms with E-state index in [-0.39, 0.29) is 0 Å². The molecule has 100 valence electrons. The van der Waals surface area contributed by atoms with E-state index < -0.39 is 0 Å². The van der Waals surface area contributed by atoms with Crippen LogP contribution in [0.3, 0.4) is 0 Å². The van der Waals surface area contributed by atoms with E-state index in [0.717, 1.165) is 26.2 Å². The third-order valence-corrected chi connectivity index (χ3v) is 3.94. The first-order chi connectivity index (χ1) is 8.70. The molecule has 0 bridgehead atoms. The summed E-state index contributed by atoms with van der Waals surface area (Å²) in [7, 11) is 0. The number of nitrogens with one attached hydrogen (secondary N) is 1. The van der Waals surface area contributed by atoms with E-state index in [1.54, 1.807) is 0 Å². The molecule has 1 aliphatic rings. The van der Waals surface area contributed by atoms with Gasteiger partial charge < -0.3 is 10.1 Å². The van der Waals surface area contributed by atoms with Gasteiger partial charge in [0, 0.05) is 18.6 Å². The first-order valence-corrected chi connectivity index (χ1v) is 7.08. The van der Waals surface area contributed by atoms with Gasteiger partial charge in [-0.3, -0.25) is 0 Å². The molecule has 0 radical (unpaired) electrons. The predicted molar refractivity (Wildman–Crippen MR) is 76.0 cm³/mol. The lowest BCUT2D eigenvalue weighted by Crippen LogP contribution is -2.38. The molecule has 0 saturated carbocycles. The summed E-state index contributed by atoms with van der Waals surface area (Å²) in [5.74, 6) is 0.671. The number of benzene rings is 1. The highest BCUT2D eigenvalue weighted by atomic mass is 16.5. The molecule has 1 aliphatic heterocycles. The molecular weight excluding hydrogens is 222 g/mol. The van der Waals surface area contributed by atoms with Gasteiger partial charge >= 0.3 is 0 Å². The second-order valence-corrected chi connectivity index (χ2v) is 5.42. The molecule has 2 rings (SSSR count). The van der Waals surface area contributed by atoms with E-state index >= 15 is 0 Å². The van der Waals surface area contributed by atoms with E-state index in [1.165, 1.54) is 23.1 Å². The molecule has 18 heavy (non-hydrogen) atoms. The Morgan fingerprint density at radius 3 is 2.89 bits per heavy atom. The Kier molecular flexibility index (Phi) is 4.79. The zero-order valence-electron chi connectivity index (χ0n) is 11.8. The van der Waals surface area contributed by atoms with E-state index in [2.05, 4.69) is 44.3 Å². The van der Waals surface area contributed by atoms with E-state index in [4.69, 9.17) is 4.74 Å². The molecule has 2 unspecified atom stereocenters. The maximum atomic E-state index is 5.54. The average Bonchev–Trinajstić information content (AvgIpc) is 2.87.